The number of aryl methyl sites for hydroxylation is 1. The number of carbonyl (C=O) groups excluding carboxylic acids is 3. The number of ether oxygens (including phenoxy) is 3. The van der Waals surface area contributed by atoms with E-state index in [9.17, 15) is 14.4 Å². The quantitative estimate of drug-likeness (QED) is 0.789. The highest BCUT2D eigenvalue weighted by molar-refractivity contribution is 6.03. The summed E-state index contributed by atoms with van der Waals surface area (Å²) in [6.45, 7) is 7.36. The Morgan fingerprint density at radius 2 is 1.75 bits per heavy atom. The Labute approximate surface area is 164 Å². The van der Waals surface area contributed by atoms with Crippen molar-refractivity contribution in [3.05, 3.63) is 35.0 Å². The monoisotopic (exact) mass is 390 g/mol. The summed E-state index contributed by atoms with van der Waals surface area (Å²) in [5, 5.41) is 2.90. The van der Waals surface area contributed by atoms with Gasteiger partial charge >= 0.3 is 11.9 Å². The minimum atomic E-state index is -0.661. The van der Waals surface area contributed by atoms with Crippen molar-refractivity contribution in [1.82, 2.24) is 0 Å². The Morgan fingerprint density at radius 3 is 2.29 bits per heavy atom. The highest BCUT2D eigenvalue weighted by Gasteiger charge is 2.32. The molecule has 0 bridgehead atoms. The normalized spacial score (nSPS) is 14.6. The lowest BCUT2D eigenvalue weighted by atomic mass is 9.95. The molecule has 0 saturated carbocycles. The number of nitrogens with one attached hydrogen (secondary N) is 1. The SMILES string of the molecule is COC(=O)C1=C(C(=O)OC)N(c2ccc(NC(=O)C(C)(C)C)c(C)c2)COC1. The number of hydrogen-bond donors (Lipinski definition) is 1. The highest BCUT2D eigenvalue weighted by Crippen LogP contribution is 2.30. The van der Waals surface area contributed by atoms with Gasteiger partial charge in [0.15, 0.2) is 0 Å². The van der Waals surface area contributed by atoms with E-state index < -0.39 is 17.4 Å². The molecule has 0 radical (unpaired) electrons. The molecule has 8 nitrogen and oxygen atoms in total. The second-order valence-electron chi connectivity index (χ2n) is 7.42. The molecule has 1 N–H and O–H groups in total. The van der Waals surface area contributed by atoms with Crippen molar-refractivity contribution in [2.24, 2.45) is 5.41 Å². The van der Waals surface area contributed by atoms with Gasteiger partial charge in [-0.1, -0.05) is 20.8 Å². The number of rotatable bonds is 4. The van der Waals surface area contributed by atoms with Gasteiger partial charge in [0.25, 0.3) is 0 Å². The van der Waals surface area contributed by atoms with Crippen LogP contribution in [0.4, 0.5) is 11.4 Å². The molecule has 0 aromatic heterocycles. The Morgan fingerprint density at radius 1 is 1.11 bits per heavy atom. The van der Waals surface area contributed by atoms with Crippen LogP contribution in [0.2, 0.25) is 0 Å². The van der Waals surface area contributed by atoms with E-state index in [0.717, 1.165) is 5.56 Å². The number of methoxy groups -OCH3 is 2. The number of carbonyl (C=O) groups is 3. The van der Waals surface area contributed by atoms with E-state index >= 15 is 0 Å². The van der Waals surface area contributed by atoms with Crippen LogP contribution >= 0.6 is 0 Å². The van der Waals surface area contributed by atoms with Gasteiger partial charge in [0.05, 0.1) is 26.4 Å². The molecule has 0 unspecified atom stereocenters. The van der Waals surface area contributed by atoms with Crippen molar-refractivity contribution in [1.29, 1.82) is 0 Å². The van der Waals surface area contributed by atoms with E-state index in [4.69, 9.17) is 14.2 Å². The lowest BCUT2D eigenvalue weighted by molar-refractivity contribution is -0.140. The summed E-state index contributed by atoms with van der Waals surface area (Å²) in [5.41, 5.74) is 1.72. The zero-order chi connectivity index (χ0) is 21.1. The number of benzene rings is 1. The molecule has 1 aliphatic heterocycles. The van der Waals surface area contributed by atoms with Crippen LogP contribution in [0.1, 0.15) is 26.3 Å². The predicted octanol–water partition coefficient (Wildman–Crippen LogP) is 2.37. The van der Waals surface area contributed by atoms with Crippen LogP contribution in [-0.4, -0.2) is 45.4 Å². The zero-order valence-corrected chi connectivity index (χ0v) is 17.0. The third-order valence-electron chi connectivity index (χ3n) is 4.28. The van der Waals surface area contributed by atoms with Gasteiger partial charge in [-0.2, -0.15) is 0 Å². The fourth-order valence-corrected chi connectivity index (χ4v) is 2.61. The maximum Gasteiger partial charge on any atom is 0.355 e. The van der Waals surface area contributed by atoms with E-state index in [1.165, 1.54) is 14.2 Å². The smallest absolute Gasteiger partial charge is 0.355 e. The van der Waals surface area contributed by atoms with Gasteiger partial charge < -0.3 is 24.4 Å². The number of hydrogen-bond acceptors (Lipinski definition) is 7. The van der Waals surface area contributed by atoms with Gasteiger partial charge in [-0.05, 0) is 30.7 Å². The maximum absolute atomic E-state index is 12.3. The fourth-order valence-electron chi connectivity index (χ4n) is 2.61. The number of esters is 2. The summed E-state index contributed by atoms with van der Waals surface area (Å²) in [4.78, 5) is 38.2. The largest absolute Gasteiger partial charge is 0.466 e. The molecule has 0 spiro atoms. The molecule has 0 atom stereocenters. The van der Waals surface area contributed by atoms with Crippen molar-refractivity contribution in [3.8, 4) is 0 Å². The molecule has 0 fully saturated rings. The molecule has 1 aliphatic rings. The molecule has 28 heavy (non-hydrogen) atoms. The van der Waals surface area contributed by atoms with E-state index in [2.05, 4.69) is 5.32 Å². The minimum Gasteiger partial charge on any atom is -0.466 e. The average Bonchev–Trinajstić information content (AvgIpc) is 2.66. The molecule has 8 heteroatoms. The van der Waals surface area contributed by atoms with E-state index in [1.807, 2.05) is 27.7 Å². The second kappa shape index (κ2) is 8.43. The van der Waals surface area contributed by atoms with Crippen LogP contribution < -0.4 is 10.2 Å². The third kappa shape index (κ3) is 4.51. The Bertz CT molecular complexity index is 822. The number of amides is 1. The maximum atomic E-state index is 12.3. The van der Waals surface area contributed by atoms with Crippen LogP contribution in [0, 0.1) is 12.3 Å². The van der Waals surface area contributed by atoms with Crippen molar-refractivity contribution in [2.45, 2.75) is 27.7 Å². The Hall–Kier alpha value is -2.87. The molecule has 1 amide bonds. The van der Waals surface area contributed by atoms with E-state index in [0.29, 0.717) is 11.4 Å². The first-order chi connectivity index (χ1) is 13.1. The molecule has 0 aliphatic carbocycles. The first-order valence-electron chi connectivity index (χ1n) is 8.77. The Kier molecular flexibility index (Phi) is 6.45. The Balaban J connectivity index is 2.42. The van der Waals surface area contributed by atoms with E-state index in [-0.39, 0.29) is 30.5 Å². The van der Waals surface area contributed by atoms with Crippen LogP contribution in [0.15, 0.2) is 29.5 Å². The molecule has 1 aromatic carbocycles. The van der Waals surface area contributed by atoms with Crippen LogP contribution in [0.25, 0.3) is 0 Å². The molecule has 2 rings (SSSR count). The lowest BCUT2D eigenvalue weighted by Gasteiger charge is -2.31. The molecule has 1 heterocycles. The van der Waals surface area contributed by atoms with Gasteiger partial charge in [-0.15, -0.1) is 0 Å². The van der Waals surface area contributed by atoms with Crippen LogP contribution in [-0.2, 0) is 28.6 Å². The number of nitrogens with zero attached hydrogens (tertiary/aromatic N) is 1. The average molecular weight is 390 g/mol. The molecule has 152 valence electrons. The summed E-state index contributed by atoms with van der Waals surface area (Å²) in [6, 6.07) is 5.28. The standard InChI is InChI=1S/C20H26N2O6/c1-12-9-13(7-8-15(12)21-19(25)20(2,3)4)22-11-28-10-14(17(23)26-5)16(22)18(24)27-6/h7-9H,10-11H2,1-6H3,(H,21,25). The van der Waals surface area contributed by atoms with Crippen LogP contribution in [0.3, 0.4) is 0 Å². The summed E-state index contributed by atoms with van der Waals surface area (Å²) in [5.74, 6) is -1.42. The number of anilines is 2. The topological polar surface area (TPSA) is 94.2 Å². The third-order valence-corrected chi connectivity index (χ3v) is 4.28. The van der Waals surface area contributed by atoms with Crippen molar-refractivity contribution in [3.63, 3.8) is 0 Å². The summed E-state index contributed by atoms with van der Waals surface area (Å²) in [6.07, 6.45) is 0. The summed E-state index contributed by atoms with van der Waals surface area (Å²) >= 11 is 0. The second-order valence-corrected chi connectivity index (χ2v) is 7.42. The fraction of sp³-hybridized carbons (Fsp3) is 0.450. The van der Waals surface area contributed by atoms with Gasteiger partial charge in [-0.25, -0.2) is 9.59 Å². The lowest BCUT2D eigenvalue weighted by Crippen LogP contribution is -2.38. The highest BCUT2D eigenvalue weighted by atomic mass is 16.5. The first kappa shape index (κ1) is 21.4. The van der Waals surface area contributed by atoms with Crippen molar-refractivity contribution < 1.29 is 28.6 Å². The van der Waals surface area contributed by atoms with Crippen molar-refractivity contribution >= 4 is 29.2 Å². The molecular weight excluding hydrogens is 364 g/mol. The van der Waals surface area contributed by atoms with Crippen molar-refractivity contribution in [2.75, 3.05) is 37.8 Å². The zero-order valence-electron chi connectivity index (χ0n) is 17.0. The van der Waals surface area contributed by atoms with E-state index in [1.54, 1.807) is 23.1 Å². The minimum absolute atomic E-state index is 0.0493. The molecule has 1 aromatic rings. The van der Waals surface area contributed by atoms with Gasteiger partial charge in [0.1, 0.15) is 12.4 Å². The van der Waals surface area contributed by atoms with Gasteiger partial charge in [0, 0.05) is 16.8 Å². The molecular formula is C20H26N2O6. The van der Waals surface area contributed by atoms with Gasteiger partial charge in [0.2, 0.25) is 5.91 Å². The summed E-state index contributed by atoms with van der Waals surface area (Å²) < 4.78 is 15.1. The predicted molar refractivity (Wildman–Crippen MR) is 104 cm³/mol. The summed E-state index contributed by atoms with van der Waals surface area (Å²) in [7, 11) is 2.48. The van der Waals surface area contributed by atoms with Crippen LogP contribution in [0.5, 0.6) is 0 Å². The molecule has 0 saturated heterocycles. The van der Waals surface area contributed by atoms with Gasteiger partial charge in [-0.3, -0.25) is 4.79 Å². The first-order valence-corrected chi connectivity index (χ1v) is 8.77.